The molecule has 0 amide bonds. The maximum absolute atomic E-state index is 11.4. The molecule has 1 rings (SSSR count). The minimum absolute atomic E-state index is 0.00597. The maximum Gasteiger partial charge on any atom is 0.310 e. The summed E-state index contributed by atoms with van der Waals surface area (Å²) in [6, 6.07) is 2.02. The summed E-state index contributed by atoms with van der Waals surface area (Å²) in [6.07, 6.45) is 0.784. The highest BCUT2D eigenvalue weighted by molar-refractivity contribution is 7.08. The Morgan fingerprint density at radius 1 is 1.53 bits per heavy atom. The number of thiophene rings is 1. The molecule has 0 aliphatic heterocycles. The maximum atomic E-state index is 11.4. The van der Waals surface area contributed by atoms with Gasteiger partial charge in [0.15, 0.2) is 6.79 Å². The summed E-state index contributed by atoms with van der Waals surface area (Å²) in [4.78, 5) is 11.4. The Bertz CT molecular complexity index is 344. The molecule has 0 radical (unpaired) electrons. The van der Waals surface area contributed by atoms with Crippen molar-refractivity contribution < 1.29 is 14.3 Å². The van der Waals surface area contributed by atoms with E-state index in [0.29, 0.717) is 0 Å². The Labute approximate surface area is 107 Å². The summed E-state index contributed by atoms with van der Waals surface area (Å²) in [5.41, 5.74) is 0.678. The monoisotopic (exact) mass is 256 g/mol. The van der Waals surface area contributed by atoms with E-state index in [1.807, 2.05) is 44.5 Å². The van der Waals surface area contributed by atoms with E-state index < -0.39 is 5.60 Å². The zero-order chi connectivity index (χ0) is 12.9. The van der Waals surface area contributed by atoms with Crippen molar-refractivity contribution in [1.29, 1.82) is 0 Å². The molecule has 4 heteroatoms. The summed E-state index contributed by atoms with van der Waals surface area (Å²) >= 11 is 1.63. The third kappa shape index (κ3) is 4.13. The van der Waals surface area contributed by atoms with Gasteiger partial charge in [0.05, 0.1) is 11.5 Å². The van der Waals surface area contributed by atoms with Crippen LogP contribution in [0.1, 0.15) is 39.7 Å². The molecule has 0 N–H and O–H groups in total. The highest BCUT2D eigenvalue weighted by Crippen LogP contribution is 2.26. The van der Waals surface area contributed by atoms with Crippen LogP contribution in [0.2, 0.25) is 0 Å². The van der Waals surface area contributed by atoms with Crippen LogP contribution in [0, 0.1) is 5.92 Å². The van der Waals surface area contributed by atoms with Crippen molar-refractivity contribution in [2.24, 2.45) is 5.92 Å². The largest absolute Gasteiger partial charge is 0.438 e. The predicted octanol–water partition coefficient (Wildman–Crippen LogP) is 3.55. The molecule has 1 unspecified atom stereocenters. The Kier molecular flexibility index (Phi) is 5.15. The normalized spacial score (nSPS) is 13.4. The van der Waals surface area contributed by atoms with Crippen molar-refractivity contribution in [3.05, 3.63) is 22.4 Å². The number of carbonyl (C=O) groups is 1. The fraction of sp³-hybridized carbons (Fsp3) is 0.615. The summed E-state index contributed by atoms with van der Waals surface area (Å²) in [5.74, 6) is -0.267. The van der Waals surface area contributed by atoms with Gasteiger partial charge in [-0.25, -0.2) is 0 Å². The molecule has 17 heavy (non-hydrogen) atoms. The molecule has 0 aromatic carbocycles. The van der Waals surface area contributed by atoms with Gasteiger partial charge in [0.2, 0.25) is 0 Å². The average Bonchev–Trinajstić information content (AvgIpc) is 2.81. The molecule has 0 spiro atoms. The molecule has 1 heterocycles. The Balaban J connectivity index is 2.38. The lowest BCUT2D eigenvalue weighted by Gasteiger charge is -2.24. The first-order valence-corrected chi connectivity index (χ1v) is 6.75. The number of ether oxygens (including phenoxy) is 2. The van der Waals surface area contributed by atoms with Crippen molar-refractivity contribution in [3.8, 4) is 0 Å². The lowest BCUT2D eigenvalue weighted by Crippen LogP contribution is -2.25. The zero-order valence-corrected chi connectivity index (χ0v) is 11.7. The molecule has 0 aliphatic carbocycles. The summed E-state index contributed by atoms with van der Waals surface area (Å²) in [5, 5.41) is 4.04. The SMILES string of the molecule is CCC(C)C(=O)OCOC(C)(C)c1ccsc1. The van der Waals surface area contributed by atoms with Gasteiger partial charge < -0.3 is 9.47 Å². The number of hydrogen-bond donors (Lipinski definition) is 0. The topological polar surface area (TPSA) is 35.5 Å². The average molecular weight is 256 g/mol. The van der Waals surface area contributed by atoms with Crippen molar-refractivity contribution in [3.63, 3.8) is 0 Å². The molecule has 1 aromatic rings. The predicted molar refractivity (Wildman–Crippen MR) is 68.8 cm³/mol. The van der Waals surface area contributed by atoms with Crippen molar-refractivity contribution in [2.75, 3.05) is 6.79 Å². The first-order valence-electron chi connectivity index (χ1n) is 5.80. The third-order valence-electron chi connectivity index (χ3n) is 2.85. The van der Waals surface area contributed by atoms with Crippen LogP contribution in [0.4, 0.5) is 0 Å². The molecule has 3 nitrogen and oxygen atoms in total. The summed E-state index contributed by atoms with van der Waals surface area (Å²) in [7, 11) is 0. The molecule has 0 aliphatic rings. The van der Waals surface area contributed by atoms with Crippen LogP contribution in [0.15, 0.2) is 16.8 Å². The van der Waals surface area contributed by atoms with E-state index in [2.05, 4.69) is 0 Å². The van der Waals surface area contributed by atoms with Gasteiger partial charge in [0.25, 0.3) is 0 Å². The molecular weight excluding hydrogens is 236 g/mol. The van der Waals surface area contributed by atoms with Crippen molar-refractivity contribution in [2.45, 2.75) is 39.7 Å². The van der Waals surface area contributed by atoms with Gasteiger partial charge >= 0.3 is 5.97 Å². The molecule has 0 bridgehead atoms. The van der Waals surface area contributed by atoms with Crippen molar-refractivity contribution >= 4 is 17.3 Å². The molecule has 1 aromatic heterocycles. The smallest absolute Gasteiger partial charge is 0.310 e. The molecular formula is C13H20O3S. The van der Waals surface area contributed by atoms with Gasteiger partial charge in [0, 0.05) is 0 Å². The van der Waals surface area contributed by atoms with Crippen LogP contribution in [-0.2, 0) is 19.9 Å². The van der Waals surface area contributed by atoms with E-state index in [0.717, 1.165) is 12.0 Å². The highest BCUT2D eigenvalue weighted by Gasteiger charge is 2.22. The van der Waals surface area contributed by atoms with Gasteiger partial charge in [-0.3, -0.25) is 4.79 Å². The van der Waals surface area contributed by atoms with E-state index in [1.165, 1.54) is 0 Å². The van der Waals surface area contributed by atoms with Crippen LogP contribution in [0.5, 0.6) is 0 Å². The quantitative estimate of drug-likeness (QED) is 0.577. The van der Waals surface area contributed by atoms with Crippen LogP contribution < -0.4 is 0 Å². The molecule has 0 saturated heterocycles. The van der Waals surface area contributed by atoms with E-state index in [1.54, 1.807) is 11.3 Å². The number of rotatable bonds is 6. The number of esters is 1. The minimum Gasteiger partial charge on any atom is -0.438 e. The van der Waals surface area contributed by atoms with Crippen LogP contribution in [-0.4, -0.2) is 12.8 Å². The molecule has 0 fully saturated rings. The fourth-order valence-corrected chi connectivity index (χ4v) is 2.05. The van der Waals surface area contributed by atoms with E-state index >= 15 is 0 Å². The number of carbonyl (C=O) groups excluding carboxylic acids is 1. The Hall–Kier alpha value is -0.870. The Morgan fingerprint density at radius 3 is 2.76 bits per heavy atom. The Morgan fingerprint density at radius 2 is 2.24 bits per heavy atom. The summed E-state index contributed by atoms with van der Waals surface area (Å²) in [6.45, 7) is 7.75. The first-order chi connectivity index (χ1) is 7.97. The van der Waals surface area contributed by atoms with Gasteiger partial charge in [-0.2, -0.15) is 11.3 Å². The second kappa shape index (κ2) is 6.17. The third-order valence-corrected chi connectivity index (χ3v) is 3.54. The van der Waals surface area contributed by atoms with Crippen molar-refractivity contribution in [1.82, 2.24) is 0 Å². The van der Waals surface area contributed by atoms with Crippen LogP contribution >= 0.6 is 11.3 Å². The molecule has 1 atom stereocenters. The molecule has 0 saturated carbocycles. The first kappa shape index (κ1) is 14.2. The lowest BCUT2D eigenvalue weighted by atomic mass is 10.0. The van der Waals surface area contributed by atoms with E-state index in [4.69, 9.17) is 9.47 Å². The second-order valence-corrected chi connectivity index (χ2v) is 5.34. The fourth-order valence-electron chi connectivity index (χ4n) is 1.23. The summed E-state index contributed by atoms with van der Waals surface area (Å²) < 4.78 is 10.7. The van der Waals surface area contributed by atoms with Gasteiger partial charge in [-0.1, -0.05) is 13.8 Å². The second-order valence-electron chi connectivity index (χ2n) is 4.56. The highest BCUT2D eigenvalue weighted by atomic mass is 32.1. The standard InChI is InChI=1S/C13H20O3S/c1-5-10(2)12(14)15-9-16-13(3,4)11-6-7-17-8-11/h6-8,10H,5,9H2,1-4H3. The van der Waals surface area contributed by atoms with Gasteiger partial charge in [-0.15, -0.1) is 0 Å². The van der Waals surface area contributed by atoms with E-state index in [9.17, 15) is 4.79 Å². The molecule has 96 valence electrons. The minimum atomic E-state index is -0.421. The van der Waals surface area contributed by atoms with Crippen LogP contribution in [0.3, 0.4) is 0 Å². The lowest BCUT2D eigenvalue weighted by molar-refractivity contribution is -0.174. The zero-order valence-electron chi connectivity index (χ0n) is 10.9. The van der Waals surface area contributed by atoms with Gasteiger partial charge in [0.1, 0.15) is 0 Å². The van der Waals surface area contributed by atoms with E-state index in [-0.39, 0.29) is 18.7 Å². The number of hydrogen-bond acceptors (Lipinski definition) is 4. The van der Waals surface area contributed by atoms with Crippen LogP contribution in [0.25, 0.3) is 0 Å². The van der Waals surface area contributed by atoms with Gasteiger partial charge in [-0.05, 0) is 42.7 Å².